The van der Waals surface area contributed by atoms with Crippen LogP contribution in [0, 0.1) is 0 Å². The normalized spacial score (nSPS) is 14.4. The number of carbonyl (C=O) groups excluding carboxylic acids is 1. The molecule has 1 aliphatic rings. The van der Waals surface area contributed by atoms with Gasteiger partial charge in [-0.3, -0.25) is 4.79 Å². The number of anilines is 1. The van der Waals surface area contributed by atoms with Crippen LogP contribution in [0.5, 0.6) is 0 Å². The number of aromatic nitrogens is 1. The number of hydrogen-bond acceptors (Lipinski definition) is 4. The lowest BCUT2D eigenvalue weighted by Crippen LogP contribution is -2.33. The fraction of sp³-hybridized carbons (Fsp3) is 0.259. The molecular weight excluding hydrogens is 416 g/mol. The van der Waals surface area contributed by atoms with Crippen LogP contribution in [0.1, 0.15) is 31.7 Å². The molecule has 0 N–H and O–H groups in total. The highest BCUT2D eigenvalue weighted by atomic mass is 32.2. The number of methoxy groups -OCH3 is 1. The summed E-state index contributed by atoms with van der Waals surface area (Å²) in [6, 6.07) is 19.2. The van der Waals surface area contributed by atoms with Gasteiger partial charge in [0.15, 0.2) is 6.20 Å². The van der Waals surface area contributed by atoms with Crippen molar-refractivity contribution in [3.63, 3.8) is 0 Å². The summed E-state index contributed by atoms with van der Waals surface area (Å²) in [5.74, 6) is -0.160. The van der Waals surface area contributed by atoms with E-state index in [2.05, 4.69) is 95.4 Å². The van der Waals surface area contributed by atoms with Gasteiger partial charge in [-0.05, 0) is 36.3 Å². The number of ether oxygens (including phenoxy) is 1. The van der Waals surface area contributed by atoms with E-state index in [0.717, 1.165) is 25.9 Å². The lowest BCUT2D eigenvalue weighted by molar-refractivity contribution is -0.671. The fourth-order valence-electron chi connectivity index (χ4n) is 4.02. The second-order valence-electron chi connectivity index (χ2n) is 7.75. The van der Waals surface area contributed by atoms with Crippen molar-refractivity contribution in [3.8, 4) is 0 Å². The number of benzene rings is 2. The quantitative estimate of drug-likeness (QED) is 0.317. The van der Waals surface area contributed by atoms with Gasteiger partial charge in [0.1, 0.15) is 6.54 Å². The molecule has 3 aromatic rings. The Balaban J connectivity index is 1.57. The van der Waals surface area contributed by atoms with Crippen molar-refractivity contribution >= 4 is 40.4 Å². The number of para-hydroxylation sites is 2. The smallest absolute Gasteiger partial charge is 0.305 e. The summed E-state index contributed by atoms with van der Waals surface area (Å²) in [6.45, 7) is 4.00. The van der Waals surface area contributed by atoms with Crippen LogP contribution >= 0.6 is 11.8 Å². The van der Waals surface area contributed by atoms with E-state index in [-0.39, 0.29) is 5.97 Å². The first-order valence-electron chi connectivity index (χ1n) is 11.1. The molecular formula is C27H29N2O2S+. The molecule has 0 atom stereocenters. The molecule has 0 saturated heterocycles. The first-order valence-corrected chi connectivity index (χ1v) is 11.9. The maximum atomic E-state index is 11.5. The minimum Gasteiger partial charge on any atom is -0.469 e. The van der Waals surface area contributed by atoms with Gasteiger partial charge in [0.2, 0.25) is 5.52 Å². The standard InChI is InChI=1S/C27H29N2O2S/c1-3-18-28-20-17-21(22-11-4-5-12-23(22)28)10-8-15-26-29(19-9-16-27(30)31-2)24-13-6-7-14-25(24)32-26/h4-8,10-15,17,20H,3,9,16,18-19H2,1-2H3/q+1. The molecule has 1 aromatic heterocycles. The fourth-order valence-corrected chi connectivity index (χ4v) is 5.12. The molecule has 2 heterocycles. The Morgan fingerprint density at radius 3 is 2.78 bits per heavy atom. The van der Waals surface area contributed by atoms with Crippen molar-refractivity contribution in [2.45, 2.75) is 37.6 Å². The van der Waals surface area contributed by atoms with Crippen molar-refractivity contribution in [2.75, 3.05) is 18.6 Å². The maximum absolute atomic E-state index is 11.5. The van der Waals surface area contributed by atoms with Crippen LogP contribution in [-0.4, -0.2) is 19.6 Å². The Morgan fingerprint density at radius 2 is 1.94 bits per heavy atom. The summed E-state index contributed by atoms with van der Waals surface area (Å²) < 4.78 is 7.11. The van der Waals surface area contributed by atoms with E-state index in [1.165, 1.54) is 39.2 Å². The molecule has 0 fully saturated rings. The van der Waals surface area contributed by atoms with Crippen LogP contribution in [0.25, 0.3) is 17.0 Å². The third-order valence-electron chi connectivity index (χ3n) is 5.56. The van der Waals surface area contributed by atoms with Gasteiger partial charge < -0.3 is 9.64 Å². The van der Waals surface area contributed by atoms with Crippen molar-refractivity contribution in [1.29, 1.82) is 0 Å². The first kappa shape index (κ1) is 22.2. The number of aryl methyl sites for hydroxylation is 1. The number of fused-ring (bicyclic) bond motifs is 2. The maximum Gasteiger partial charge on any atom is 0.305 e. The van der Waals surface area contributed by atoms with Crippen LogP contribution in [0.15, 0.2) is 82.9 Å². The monoisotopic (exact) mass is 445 g/mol. The zero-order valence-electron chi connectivity index (χ0n) is 18.7. The number of allylic oxidation sites excluding steroid dienone is 2. The lowest BCUT2D eigenvalue weighted by atomic mass is 10.1. The van der Waals surface area contributed by atoms with Crippen LogP contribution < -0.4 is 9.47 Å². The molecule has 5 heteroatoms. The van der Waals surface area contributed by atoms with E-state index in [9.17, 15) is 4.79 Å². The first-order chi connectivity index (χ1) is 15.7. The van der Waals surface area contributed by atoms with E-state index in [0.29, 0.717) is 6.42 Å². The van der Waals surface area contributed by atoms with Crippen molar-refractivity contribution < 1.29 is 14.1 Å². The van der Waals surface area contributed by atoms with Crippen LogP contribution in [0.4, 0.5) is 5.69 Å². The average Bonchev–Trinajstić information content (AvgIpc) is 3.17. The van der Waals surface area contributed by atoms with Crippen molar-refractivity contribution in [3.05, 3.63) is 83.5 Å². The molecule has 32 heavy (non-hydrogen) atoms. The predicted molar refractivity (Wildman–Crippen MR) is 132 cm³/mol. The van der Waals surface area contributed by atoms with Gasteiger partial charge in [0, 0.05) is 36.4 Å². The SMILES string of the molecule is CCC[n+]1ccc(C=CC=C2Sc3ccccc3N2CCCC(=O)OC)c2ccccc21. The molecule has 164 valence electrons. The number of carbonyl (C=O) groups is 1. The van der Waals surface area contributed by atoms with Gasteiger partial charge >= 0.3 is 5.97 Å². The highest BCUT2D eigenvalue weighted by Crippen LogP contribution is 2.45. The zero-order valence-corrected chi connectivity index (χ0v) is 19.5. The van der Waals surface area contributed by atoms with Gasteiger partial charge in [0.05, 0.1) is 23.2 Å². The van der Waals surface area contributed by atoms with Gasteiger partial charge in [-0.25, -0.2) is 0 Å². The highest BCUT2D eigenvalue weighted by Gasteiger charge is 2.24. The number of rotatable bonds is 8. The summed E-state index contributed by atoms with van der Waals surface area (Å²) in [5, 5.41) is 2.43. The molecule has 0 radical (unpaired) electrons. The molecule has 2 aromatic carbocycles. The summed E-state index contributed by atoms with van der Waals surface area (Å²) >= 11 is 1.77. The second kappa shape index (κ2) is 10.5. The minimum atomic E-state index is -0.160. The Hall–Kier alpha value is -3.05. The summed E-state index contributed by atoms with van der Waals surface area (Å²) in [4.78, 5) is 15.1. The van der Waals surface area contributed by atoms with Gasteiger partial charge in [-0.1, -0.05) is 55.1 Å². The van der Waals surface area contributed by atoms with E-state index in [1.807, 2.05) is 0 Å². The Kier molecular flexibility index (Phi) is 7.28. The molecule has 4 rings (SSSR count). The lowest BCUT2D eigenvalue weighted by Gasteiger charge is -2.20. The Morgan fingerprint density at radius 1 is 1.12 bits per heavy atom. The van der Waals surface area contributed by atoms with Crippen LogP contribution in [-0.2, 0) is 16.1 Å². The number of thioether (sulfide) groups is 1. The van der Waals surface area contributed by atoms with Crippen LogP contribution in [0.3, 0.4) is 0 Å². The number of esters is 1. The van der Waals surface area contributed by atoms with Crippen LogP contribution in [0.2, 0.25) is 0 Å². The third kappa shape index (κ3) is 4.89. The van der Waals surface area contributed by atoms with Gasteiger partial charge in [-0.15, -0.1) is 0 Å². The molecule has 0 aliphatic carbocycles. The molecule has 0 spiro atoms. The molecule has 0 amide bonds. The zero-order chi connectivity index (χ0) is 22.3. The second-order valence-corrected chi connectivity index (χ2v) is 8.81. The van der Waals surface area contributed by atoms with Crippen molar-refractivity contribution in [1.82, 2.24) is 0 Å². The number of nitrogens with zero attached hydrogens (tertiary/aromatic N) is 2. The highest BCUT2D eigenvalue weighted by molar-refractivity contribution is 8.03. The molecule has 0 saturated carbocycles. The minimum absolute atomic E-state index is 0.160. The third-order valence-corrected chi connectivity index (χ3v) is 6.70. The predicted octanol–water partition coefficient (Wildman–Crippen LogP) is 5.96. The van der Waals surface area contributed by atoms with Crippen molar-refractivity contribution in [2.24, 2.45) is 0 Å². The summed E-state index contributed by atoms with van der Waals surface area (Å²) in [5.41, 5.74) is 3.67. The van der Waals surface area contributed by atoms with E-state index < -0.39 is 0 Å². The molecule has 1 aliphatic heterocycles. The van der Waals surface area contributed by atoms with Gasteiger partial charge in [-0.2, -0.15) is 4.57 Å². The molecule has 0 bridgehead atoms. The summed E-state index contributed by atoms with van der Waals surface area (Å²) in [6.07, 6.45) is 11.0. The molecule has 0 unspecified atom stereocenters. The summed E-state index contributed by atoms with van der Waals surface area (Å²) in [7, 11) is 1.44. The largest absolute Gasteiger partial charge is 0.469 e. The Bertz CT molecular complexity index is 1170. The molecule has 4 nitrogen and oxygen atoms in total. The van der Waals surface area contributed by atoms with E-state index >= 15 is 0 Å². The topological polar surface area (TPSA) is 33.4 Å². The van der Waals surface area contributed by atoms with E-state index in [4.69, 9.17) is 4.74 Å². The number of hydrogen-bond donors (Lipinski definition) is 0. The van der Waals surface area contributed by atoms with Gasteiger partial charge in [0.25, 0.3) is 0 Å². The Labute approximate surface area is 194 Å². The van der Waals surface area contributed by atoms with E-state index in [1.54, 1.807) is 11.8 Å². The number of pyridine rings is 1. The average molecular weight is 446 g/mol.